The van der Waals surface area contributed by atoms with Crippen molar-refractivity contribution in [3.05, 3.63) is 41.5 Å². The third-order valence-electron chi connectivity index (χ3n) is 3.65. The van der Waals surface area contributed by atoms with E-state index < -0.39 is 5.97 Å². The van der Waals surface area contributed by atoms with E-state index in [0.717, 1.165) is 36.8 Å². The maximum atomic E-state index is 11.9. The van der Waals surface area contributed by atoms with Crippen molar-refractivity contribution in [2.24, 2.45) is 5.92 Å². The minimum absolute atomic E-state index is 0.335. The Labute approximate surface area is 122 Å². The van der Waals surface area contributed by atoms with Crippen LogP contribution in [-0.2, 0) is 9.78 Å². The lowest BCUT2D eigenvalue weighted by Gasteiger charge is -2.13. The molecule has 0 aromatic heterocycles. The van der Waals surface area contributed by atoms with Gasteiger partial charge in [0.2, 0.25) is 0 Å². The first-order valence-electron chi connectivity index (χ1n) is 7.37. The van der Waals surface area contributed by atoms with Gasteiger partial charge < -0.3 is 0 Å². The molecular weight excluding hydrogens is 252 g/mol. The van der Waals surface area contributed by atoms with Gasteiger partial charge >= 0.3 is 5.97 Å². The molecule has 0 aliphatic heterocycles. The summed E-state index contributed by atoms with van der Waals surface area (Å²) in [6.45, 7) is 9.78. The van der Waals surface area contributed by atoms with Crippen LogP contribution in [0.3, 0.4) is 0 Å². The Balaban J connectivity index is 2.45. The van der Waals surface area contributed by atoms with Crippen LogP contribution < -0.4 is 0 Å². The van der Waals surface area contributed by atoms with E-state index in [4.69, 9.17) is 9.78 Å². The van der Waals surface area contributed by atoms with Gasteiger partial charge in [0.25, 0.3) is 0 Å². The Morgan fingerprint density at radius 2 is 2.05 bits per heavy atom. The summed E-state index contributed by atoms with van der Waals surface area (Å²) < 4.78 is 0. The van der Waals surface area contributed by atoms with Crippen LogP contribution in [0.2, 0.25) is 0 Å². The molecule has 111 valence electrons. The average Bonchev–Trinajstić information content (AvgIpc) is 2.45. The molecule has 3 nitrogen and oxygen atoms in total. The normalized spacial score (nSPS) is 12.2. The molecule has 0 spiro atoms. The fraction of sp³-hybridized carbons (Fsp3) is 0.529. The summed E-state index contributed by atoms with van der Waals surface area (Å²) in [7, 11) is 0. The molecule has 1 aromatic carbocycles. The quantitative estimate of drug-likeness (QED) is 0.507. The summed E-state index contributed by atoms with van der Waals surface area (Å²) in [4.78, 5) is 21.8. The van der Waals surface area contributed by atoms with Crippen LogP contribution in [0.15, 0.2) is 18.2 Å². The molecule has 1 unspecified atom stereocenters. The summed E-state index contributed by atoms with van der Waals surface area (Å²) in [5.41, 5.74) is 2.55. The second-order valence-electron chi connectivity index (χ2n) is 5.16. The van der Waals surface area contributed by atoms with Gasteiger partial charge in [-0.25, -0.2) is 4.79 Å². The zero-order chi connectivity index (χ0) is 15.0. The fourth-order valence-corrected chi connectivity index (χ4v) is 2.00. The van der Waals surface area contributed by atoms with Crippen molar-refractivity contribution < 1.29 is 14.6 Å². The highest BCUT2D eigenvalue weighted by Gasteiger charge is 2.14. The molecule has 1 radical (unpaired) electrons. The van der Waals surface area contributed by atoms with Crippen LogP contribution in [0.1, 0.15) is 61.0 Å². The first-order valence-corrected chi connectivity index (χ1v) is 7.37. The van der Waals surface area contributed by atoms with Gasteiger partial charge in [0.05, 0.1) is 5.56 Å². The Bertz CT molecular complexity index is 426. The maximum Gasteiger partial charge on any atom is 0.373 e. The van der Waals surface area contributed by atoms with E-state index in [2.05, 4.69) is 13.8 Å². The third kappa shape index (κ3) is 4.97. The minimum Gasteiger partial charge on any atom is -0.292 e. The predicted octanol–water partition coefficient (Wildman–Crippen LogP) is 4.77. The van der Waals surface area contributed by atoms with Crippen molar-refractivity contribution >= 4 is 5.97 Å². The van der Waals surface area contributed by atoms with Gasteiger partial charge in [-0.3, -0.25) is 4.89 Å². The van der Waals surface area contributed by atoms with E-state index in [1.54, 1.807) is 12.7 Å². The number of aryl methyl sites for hydroxylation is 1. The van der Waals surface area contributed by atoms with Crippen molar-refractivity contribution in [3.63, 3.8) is 0 Å². The molecule has 0 aliphatic carbocycles. The van der Waals surface area contributed by atoms with Gasteiger partial charge in [-0.1, -0.05) is 45.2 Å². The van der Waals surface area contributed by atoms with Gasteiger partial charge in [0.1, 0.15) is 6.61 Å². The summed E-state index contributed by atoms with van der Waals surface area (Å²) in [5.74, 6) is -0.103. The lowest BCUT2D eigenvalue weighted by molar-refractivity contribution is -0.219. The highest BCUT2D eigenvalue weighted by molar-refractivity contribution is 5.90. The standard InChI is InChI=1S/C17H25O3/c1-5-7-10-15(6-2)12-19-20-17(18)16-11-8-9-13(3)14(16)4/h8-9,11-12,15H,5-7,10H2,1-4H3. The van der Waals surface area contributed by atoms with Gasteiger partial charge in [-0.05, 0) is 43.4 Å². The maximum absolute atomic E-state index is 11.9. The average molecular weight is 277 g/mol. The number of hydrogen-bond donors (Lipinski definition) is 0. The Kier molecular flexibility index (Phi) is 7.31. The predicted molar refractivity (Wildman–Crippen MR) is 80.0 cm³/mol. The Morgan fingerprint density at radius 3 is 2.70 bits per heavy atom. The van der Waals surface area contributed by atoms with Gasteiger partial charge in [-0.2, -0.15) is 4.89 Å². The lowest BCUT2D eigenvalue weighted by Crippen LogP contribution is -2.10. The highest BCUT2D eigenvalue weighted by Crippen LogP contribution is 2.18. The Hall–Kier alpha value is -1.35. The van der Waals surface area contributed by atoms with Gasteiger partial charge in [-0.15, -0.1) is 0 Å². The summed E-state index contributed by atoms with van der Waals surface area (Å²) in [6, 6.07) is 5.57. The first-order chi connectivity index (χ1) is 9.60. The van der Waals surface area contributed by atoms with Crippen molar-refractivity contribution in [1.29, 1.82) is 0 Å². The zero-order valence-electron chi connectivity index (χ0n) is 12.9. The van der Waals surface area contributed by atoms with Crippen LogP contribution in [0.5, 0.6) is 0 Å². The molecule has 0 bridgehead atoms. The second kappa shape index (κ2) is 8.75. The molecule has 1 atom stereocenters. The van der Waals surface area contributed by atoms with Crippen LogP contribution in [0.25, 0.3) is 0 Å². The highest BCUT2D eigenvalue weighted by atomic mass is 17.2. The minimum atomic E-state index is -0.437. The number of carbonyl (C=O) groups excluding carboxylic acids is 1. The van der Waals surface area contributed by atoms with Crippen molar-refractivity contribution in [2.75, 3.05) is 0 Å². The van der Waals surface area contributed by atoms with Crippen LogP contribution in [0.4, 0.5) is 0 Å². The number of carbonyl (C=O) groups is 1. The largest absolute Gasteiger partial charge is 0.373 e. The topological polar surface area (TPSA) is 35.5 Å². The number of hydrogen-bond acceptors (Lipinski definition) is 3. The zero-order valence-corrected chi connectivity index (χ0v) is 12.9. The Morgan fingerprint density at radius 1 is 1.30 bits per heavy atom. The molecule has 1 aromatic rings. The number of rotatable bonds is 8. The van der Waals surface area contributed by atoms with E-state index in [-0.39, 0.29) is 0 Å². The van der Waals surface area contributed by atoms with E-state index >= 15 is 0 Å². The van der Waals surface area contributed by atoms with Gasteiger partial charge in [0, 0.05) is 0 Å². The van der Waals surface area contributed by atoms with Crippen molar-refractivity contribution in [3.8, 4) is 0 Å². The molecule has 0 aliphatic rings. The molecule has 0 saturated heterocycles. The summed E-state index contributed by atoms with van der Waals surface area (Å²) >= 11 is 0. The van der Waals surface area contributed by atoms with E-state index in [9.17, 15) is 4.79 Å². The summed E-state index contributed by atoms with van der Waals surface area (Å²) in [5, 5.41) is 0. The van der Waals surface area contributed by atoms with Crippen molar-refractivity contribution in [1.82, 2.24) is 0 Å². The molecule has 3 heteroatoms. The first kappa shape index (κ1) is 16.7. The van der Waals surface area contributed by atoms with Crippen molar-refractivity contribution in [2.45, 2.75) is 53.4 Å². The number of unbranched alkanes of at least 4 members (excludes halogenated alkanes) is 1. The second-order valence-corrected chi connectivity index (χ2v) is 5.16. The molecule has 0 N–H and O–H groups in total. The third-order valence-corrected chi connectivity index (χ3v) is 3.65. The lowest BCUT2D eigenvalue weighted by atomic mass is 10.0. The summed E-state index contributed by atoms with van der Waals surface area (Å²) in [6.07, 6.45) is 4.37. The van der Waals surface area contributed by atoms with E-state index in [1.807, 2.05) is 26.0 Å². The molecule has 1 rings (SSSR count). The number of benzene rings is 1. The molecule has 0 heterocycles. The van der Waals surface area contributed by atoms with Crippen LogP contribution in [0, 0.1) is 26.4 Å². The van der Waals surface area contributed by atoms with E-state index in [0.29, 0.717) is 11.5 Å². The monoisotopic (exact) mass is 277 g/mol. The van der Waals surface area contributed by atoms with Crippen LogP contribution >= 0.6 is 0 Å². The smallest absolute Gasteiger partial charge is 0.292 e. The van der Waals surface area contributed by atoms with Crippen LogP contribution in [-0.4, -0.2) is 5.97 Å². The molecule has 0 fully saturated rings. The SMILES string of the molecule is CCCCC([CH]OOC(=O)c1cccc(C)c1C)CC. The van der Waals surface area contributed by atoms with E-state index in [1.165, 1.54) is 0 Å². The molecule has 0 saturated carbocycles. The molecule has 20 heavy (non-hydrogen) atoms. The fourth-order valence-electron chi connectivity index (χ4n) is 2.00. The van der Waals surface area contributed by atoms with Gasteiger partial charge in [0.15, 0.2) is 0 Å². The molecule has 0 amide bonds. The molecular formula is C17H25O3.